The predicted molar refractivity (Wildman–Crippen MR) is 43.2 cm³/mol. The van der Waals surface area contributed by atoms with Gasteiger partial charge in [-0.15, -0.1) is 0 Å². The van der Waals surface area contributed by atoms with Crippen molar-refractivity contribution in [3.8, 4) is 0 Å². The lowest BCUT2D eigenvalue weighted by molar-refractivity contribution is 0.0480. The second kappa shape index (κ2) is 2.75. The quantitative estimate of drug-likeness (QED) is 0.452. The van der Waals surface area contributed by atoms with Crippen molar-refractivity contribution < 1.29 is 9.53 Å². The molecule has 0 atom stereocenters. The number of nitrogens with zero attached hydrogens (tertiary/aromatic N) is 1. The average Bonchev–Trinajstić information content (AvgIpc) is 2.07. The number of aromatic nitrogens is 1. The van der Waals surface area contributed by atoms with Crippen molar-refractivity contribution >= 4 is 17.6 Å². The number of hydrogen-bond acceptors (Lipinski definition) is 3. The maximum Gasteiger partial charge on any atom is 0.338 e. The van der Waals surface area contributed by atoms with E-state index in [2.05, 4.69) is 4.98 Å². The minimum Gasteiger partial charge on any atom is -0.462 e. The number of carbonyl (C=O) groups is 1. The van der Waals surface area contributed by atoms with E-state index in [-0.39, 0.29) is 5.97 Å². The van der Waals surface area contributed by atoms with Gasteiger partial charge in [0.25, 0.3) is 0 Å². The number of halogens is 1. The molecule has 0 radical (unpaired) electrons. The van der Waals surface area contributed by atoms with E-state index in [1.165, 1.54) is 0 Å². The van der Waals surface area contributed by atoms with Crippen LogP contribution in [-0.2, 0) is 11.2 Å². The first-order valence-electron chi connectivity index (χ1n) is 3.59. The molecule has 0 aliphatic carbocycles. The van der Waals surface area contributed by atoms with Crippen LogP contribution in [-0.4, -0.2) is 17.6 Å². The lowest BCUT2D eigenvalue weighted by atomic mass is 10.1. The van der Waals surface area contributed by atoms with Crippen molar-refractivity contribution in [2.45, 2.75) is 6.42 Å². The maximum atomic E-state index is 11.1. The normalized spacial score (nSPS) is 15.2. The van der Waals surface area contributed by atoms with Gasteiger partial charge in [-0.25, -0.2) is 9.78 Å². The summed E-state index contributed by atoms with van der Waals surface area (Å²) in [5, 5.41) is 0.326. The second-order valence-corrected chi connectivity index (χ2v) is 2.94. The van der Waals surface area contributed by atoms with Gasteiger partial charge in [-0.2, -0.15) is 0 Å². The Bertz CT molecular complexity index is 338. The maximum absolute atomic E-state index is 11.1. The highest BCUT2D eigenvalue weighted by atomic mass is 35.5. The Morgan fingerprint density at radius 1 is 1.58 bits per heavy atom. The molecule has 1 aromatic rings. The molecule has 0 fully saturated rings. The fraction of sp³-hybridized carbons (Fsp3) is 0.250. The summed E-state index contributed by atoms with van der Waals surface area (Å²) in [6.07, 6.45) is 2.35. The van der Waals surface area contributed by atoms with Crippen molar-refractivity contribution in [2.75, 3.05) is 6.61 Å². The van der Waals surface area contributed by atoms with Gasteiger partial charge in [0, 0.05) is 12.6 Å². The van der Waals surface area contributed by atoms with Crippen LogP contribution in [0.1, 0.15) is 15.9 Å². The van der Waals surface area contributed by atoms with Crippen LogP contribution in [0.2, 0.25) is 5.15 Å². The molecule has 62 valence electrons. The zero-order valence-electron chi connectivity index (χ0n) is 6.21. The summed E-state index contributed by atoms with van der Waals surface area (Å²) in [6, 6.07) is 1.54. The molecular weight excluding hydrogens is 178 g/mol. The number of pyridine rings is 1. The van der Waals surface area contributed by atoms with Gasteiger partial charge in [0.05, 0.1) is 12.2 Å². The Kier molecular flexibility index (Phi) is 1.73. The molecule has 12 heavy (non-hydrogen) atoms. The Morgan fingerprint density at radius 2 is 2.42 bits per heavy atom. The van der Waals surface area contributed by atoms with Gasteiger partial charge >= 0.3 is 5.97 Å². The monoisotopic (exact) mass is 183 g/mol. The van der Waals surface area contributed by atoms with Crippen LogP contribution in [0.3, 0.4) is 0 Å². The highest BCUT2D eigenvalue weighted by molar-refractivity contribution is 6.29. The third kappa shape index (κ3) is 1.16. The SMILES string of the molecule is O=C1OCCc2cnc(Cl)cc21. The Balaban J connectivity index is 2.54. The van der Waals surface area contributed by atoms with E-state index in [9.17, 15) is 4.79 Å². The summed E-state index contributed by atoms with van der Waals surface area (Å²) in [5.74, 6) is -0.305. The van der Waals surface area contributed by atoms with Crippen LogP contribution < -0.4 is 0 Å². The third-order valence-electron chi connectivity index (χ3n) is 1.78. The van der Waals surface area contributed by atoms with Crippen LogP contribution in [0.25, 0.3) is 0 Å². The molecule has 0 spiro atoms. The molecule has 3 nitrogen and oxygen atoms in total. The van der Waals surface area contributed by atoms with E-state index in [0.717, 1.165) is 12.0 Å². The molecule has 0 saturated heterocycles. The molecule has 2 heterocycles. The van der Waals surface area contributed by atoms with Gasteiger partial charge in [-0.05, 0) is 11.6 Å². The molecular formula is C8H6ClNO2. The van der Waals surface area contributed by atoms with E-state index in [4.69, 9.17) is 16.3 Å². The average molecular weight is 184 g/mol. The summed E-state index contributed by atoms with van der Waals surface area (Å²) in [7, 11) is 0. The summed E-state index contributed by atoms with van der Waals surface area (Å²) >= 11 is 5.62. The van der Waals surface area contributed by atoms with E-state index in [0.29, 0.717) is 17.3 Å². The van der Waals surface area contributed by atoms with Crippen LogP contribution in [0, 0.1) is 0 Å². The number of rotatable bonds is 0. The van der Waals surface area contributed by atoms with Crippen molar-refractivity contribution in [3.05, 3.63) is 28.5 Å². The number of carbonyl (C=O) groups excluding carboxylic acids is 1. The molecule has 0 saturated carbocycles. The molecule has 0 amide bonds. The number of fused-ring (bicyclic) bond motifs is 1. The Hall–Kier alpha value is -1.09. The van der Waals surface area contributed by atoms with Crippen molar-refractivity contribution in [3.63, 3.8) is 0 Å². The lowest BCUT2D eigenvalue weighted by Crippen LogP contribution is -2.17. The van der Waals surface area contributed by atoms with Crippen LogP contribution >= 0.6 is 11.6 Å². The van der Waals surface area contributed by atoms with E-state index >= 15 is 0 Å². The van der Waals surface area contributed by atoms with Gasteiger partial charge in [-0.3, -0.25) is 0 Å². The first kappa shape index (κ1) is 7.55. The largest absolute Gasteiger partial charge is 0.462 e. The summed E-state index contributed by atoms with van der Waals surface area (Å²) in [5.41, 5.74) is 1.46. The van der Waals surface area contributed by atoms with Crippen LogP contribution in [0.5, 0.6) is 0 Å². The Morgan fingerprint density at radius 3 is 3.25 bits per heavy atom. The number of cyclic esters (lactones) is 1. The first-order valence-corrected chi connectivity index (χ1v) is 3.97. The summed E-state index contributed by atoms with van der Waals surface area (Å²) in [4.78, 5) is 15.0. The fourth-order valence-corrected chi connectivity index (χ4v) is 1.34. The van der Waals surface area contributed by atoms with E-state index in [1.54, 1.807) is 12.3 Å². The van der Waals surface area contributed by atoms with Crippen molar-refractivity contribution in [1.82, 2.24) is 4.98 Å². The number of ether oxygens (including phenoxy) is 1. The molecule has 0 unspecified atom stereocenters. The van der Waals surface area contributed by atoms with Crippen molar-refractivity contribution in [1.29, 1.82) is 0 Å². The van der Waals surface area contributed by atoms with Crippen LogP contribution in [0.15, 0.2) is 12.3 Å². The molecule has 0 bridgehead atoms. The predicted octanol–water partition coefficient (Wildman–Crippen LogP) is 1.45. The second-order valence-electron chi connectivity index (χ2n) is 2.55. The number of hydrogen-bond donors (Lipinski definition) is 0. The smallest absolute Gasteiger partial charge is 0.338 e. The molecule has 1 aromatic heterocycles. The zero-order valence-corrected chi connectivity index (χ0v) is 6.97. The number of esters is 1. The molecule has 1 aliphatic rings. The van der Waals surface area contributed by atoms with Gasteiger partial charge in [0.15, 0.2) is 0 Å². The van der Waals surface area contributed by atoms with Gasteiger partial charge in [0.1, 0.15) is 5.15 Å². The highest BCUT2D eigenvalue weighted by Gasteiger charge is 2.18. The lowest BCUT2D eigenvalue weighted by Gasteiger charge is -2.14. The molecule has 2 rings (SSSR count). The Labute approximate surface area is 74.3 Å². The van der Waals surface area contributed by atoms with Crippen molar-refractivity contribution in [2.24, 2.45) is 0 Å². The van der Waals surface area contributed by atoms with Crippen LogP contribution in [0.4, 0.5) is 0 Å². The minimum absolute atomic E-state index is 0.305. The zero-order chi connectivity index (χ0) is 8.55. The summed E-state index contributed by atoms with van der Waals surface area (Å²) in [6.45, 7) is 0.440. The van der Waals surface area contributed by atoms with Gasteiger partial charge in [0.2, 0.25) is 0 Å². The molecule has 0 N–H and O–H groups in total. The minimum atomic E-state index is -0.305. The van der Waals surface area contributed by atoms with E-state index in [1.807, 2.05) is 0 Å². The van der Waals surface area contributed by atoms with E-state index < -0.39 is 0 Å². The standard InChI is InChI=1S/C8H6ClNO2/c9-7-3-6-5(4-10-7)1-2-12-8(6)11/h3-4H,1-2H2. The van der Waals surface area contributed by atoms with Gasteiger partial charge < -0.3 is 4.74 Å². The fourth-order valence-electron chi connectivity index (χ4n) is 1.18. The summed E-state index contributed by atoms with van der Waals surface area (Å²) < 4.78 is 4.83. The van der Waals surface area contributed by atoms with Gasteiger partial charge in [-0.1, -0.05) is 11.6 Å². The molecule has 4 heteroatoms. The third-order valence-corrected chi connectivity index (χ3v) is 1.98. The highest BCUT2D eigenvalue weighted by Crippen LogP contribution is 2.18. The first-order chi connectivity index (χ1) is 5.77. The topological polar surface area (TPSA) is 39.2 Å². The molecule has 1 aliphatic heterocycles. The molecule has 0 aromatic carbocycles.